The number of imidazole rings is 1. The minimum absolute atomic E-state index is 0.341. The predicted octanol–water partition coefficient (Wildman–Crippen LogP) is 6.21. The van der Waals surface area contributed by atoms with Gasteiger partial charge in [0.25, 0.3) is 0 Å². The Kier molecular flexibility index (Phi) is 6.30. The van der Waals surface area contributed by atoms with Crippen molar-refractivity contribution in [1.82, 2.24) is 9.97 Å². The highest BCUT2D eigenvalue weighted by Crippen LogP contribution is 2.29. The minimum Gasteiger partial charge on any atom is -0.493 e. The third kappa shape index (κ3) is 5.10. The number of anilines is 1. The number of fused-ring (bicyclic) bond motifs is 1. The maximum atomic E-state index is 6.06. The number of aromatic amines is 1. The van der Waals surface area contributed by atoms with Crippen LogP contribution in [0.2, 0.25) is 10.0 Å². The zero-order valence-corrected chi connectivity index (χ0v) is 18.5. The highest BCUT2D eigenvalue weighted by Gasteiger charge is 2.07. The van der Waals surface area contributed by atoms with Crippen molar-refractivity contribution in [3.63, 3.8) is 0 Å². The zero-order chi connectivity index (χ0) is 21.8. The van der Waals surface area contributed by atoms with E-state index in [2.05, 4.69) is 20.5 Å². The number of hydrogen-bond donors (Lipinski definition) is 2. The topological polar surface area (TPSA) is 71.5 Å². The smallest absolute Gasteiger partial charge is 0.222 e. The fourth-order valence-electron chi connectivity index (χ4n) is 3.02. The van der Waals surface area contributed by atoms with Crippen molar-refractivity contribution in [3.05, 3.63) is 81.3 Å². The second-order valence-electron chi connectivity index (χ2n) is 6.92. The molecule has 0 atom stereocenters. The molecule has 158 valence electrons. The Balaban J connectivity index is 1.42. The molecule has 8 heteroatoms. The molecule has 0 aliphatic carbocycles. The number of rotatable bonds is 7. The van der Waals surface area contributed by atoms with E-state index in [1.54, 1.807) is 25.5 Å². The molecule has 0 saturated carbocycles. The van der Waals surface area contributed by atoms with E-state index in [0.29, 0.717) is 34.1 Å². The van der Waals surface area contributed by atoms with Crippen molar-refractivity contribution in [2.45, 2.75) is 13.5 Å². The van der Waals surface area contributed by atoms with Crippen LogP contribution in [0.1, 0.15) is 16.7 Å². The maximum Gasteiger partial charge on any atom is 0.222 e. The number of ether oxygens (including phenoxy) is 2. The minimum atomic E-state index is 0.341. The summed E-state index contributed by atoms with van der Waals surface area (Å²) in [6.45, 7) is 2.38. The van der Waals surface area contributed by atoms with E-state index in [1.807, 2.05) is 49.4 Å². The van der Waals surface area contributed by atoms with Crippen molar-refractivity contribution in [3.8, 4) is 11.5 Å². The van der Waals surface area contributed by atoms with Crippen LogP contribution in [0.25, 0.3) is 11.0 Å². The molecule has 4 rings (SSSR count). The molecule has 2 N–H and O–H groups in total. The molecule has 0 spiro atoms. The quantitative estimate of drug-likeness (QED) is 0.257. The summed E-state index contributed by atoms with van der Waals surface area (Å²) < 4.78 is 11.3. The molecule has 1 heterocycles. The molecule has 6 nitrogen and oxygen atoms in total. The van der Waals surface area contributed by atoms with Crippen molar-refractivity contribution in [1.29, 1.82) is 0 Å². The van der Waals surface area contributed by atoms with Crippen molar-refractivity contribution >= 4 is 46.4 Å². The van der Waals surface area contributed by atoms with Gasteiger partial charge >= 0.3 is 0 Å². The van der Waals surface area contributed by atoms with Gasteiger partial charge in [-0.1, -0.05) is 35.3 Å². The van der Waals surface area contributed by atoms with Gasteiger partial charge in [-0.2, -0.15) is 5.10 Å². The van der Waals surface area contributed by atoms with Crippen LogP contribution in [0.4, 0.5) is 5.95 Å². The van der Waals surface area contributed by atoms with Gasteiger partial charge in [-0.25, -0.2) is 10.4 Å². The monoisotopic (exact) mass is 454 g/mol. The van der Waals surface area contributed by atoms with Crippen LogP contribution >= 0.6 is 23.2 Å². The Bertz CT molecular complexity index is 1250. The van der Waals surface area contributed by atoms with E-state index in [-0.39, 0.29) is 0 Å². The van der Waals surface area contributed by atoms with E-state index in [4.69, 9.17) is 32.7 Å². The van der Waals surface area contributed by atoms with E-state index in [9.17, 15) is 0 Å². The van der Waals surface area contributed by atoms with Gasteiger partial charge in [-0.15, -0.1) is 0 Å². The number of hydrogen-bond acceptors (Lipinski definition) is 5. The molecule has 0 amide bonds. The first-order chi connectivity index (χ1) is 15.0. The van der Waals surface area contributed by atoms with Gasteiger partial charge < -0.3 is 14.5 Å². The summed E-state index contributed by atoms with van der Waals surface area (Å²) in [4.78, 5) is 7.65. The SMILES string of the molecule is COc1cc(/C=N\Nc2nc3ccc(C)cc3[nH]2)ccc1OCc1ccc(Cl)c(Cl)c1. The summed E-state index contributed by atoms with van der Waals surface area (Å²) in [5.74, 6) is 1.79. The predicted molar refractivity (Wildman–Crippen MR) is 126 cm³/mol. The molecule has 0 saturated heterocycles. The Morgan fingerprint density at radius 1 is 1.03 bits per heavy atom. The second-order valence-corrected chi connectivity index (χ2v) is 7.74. The normalized spacial score (nSPS) is 11.2. The van der Waals surface area contributed by atoms with Crippen LogP contribution in [-0.2, 0) is 6.61 Å². The first-order valence-corrected chi connectivity index (χ1v) is 10.3. The summed E-state index contributed by atoms with van der Waals surface area (Å²) in [6.07, 6.45) is 1.68. The van der Waals surface area contributed by atoms with E-state index in [1.165, 1.54) is 5.56 Å². The van der Waals surface area contributed by atoms with Crippen LogP contribution in [0.15, 0.2) is 59.7 Å². The molecular weight excluding hydrogens is 435 g/mol. The van der Waals surface area contributed by atoms with E-state index < -0.39 is 0 Å². The van der Waals surface area contributed by atoms with Crippen LogP contribution in [0, 0.1) is 6.92 Å². The largest absolute Gasteiger partial charge is 0.493 e. The lowest BCUT2D eigenvalue weighted by Gasteiger charge is -2.11. The van der Waals surface area contributed by atoms with Crippen LogP contribution in [0.3, 0.4) is 0 Å². The fraction of sp³-hybridized carbons (Fsp3) is 0.130. The highest BCUT2D eigenvalue weighted by atomic mass is 35.5. The Labute approximate surface area is 189 Å². The van der Waals surface area contributed by atoms with Crippen LogP contribution in [-0.4, -0.2) is 23.3 Å². The molecule has 31 heavy (non-hydrogen) atoms. The molecule has 0 aliphatic rings. The lowest BCUT2D eigenvalue weighted by atomic mass is 10.2. The lowest BCUT2D eigenvalue weighted by Crippen LogP contribution is -1.99. The number of H-pyrrole nitrogens is 1. The highest BCUT2D eigenvalue weighted by molar-refractivity contribution is 6.42. The molecule has 0 radical (unpaired) electrons. The summed E-state index contributed by atoms with van der Waals surface area (Å²) in [7, 11) is 1.59. The lowest BCUT2D eigenvalue weighted by molar-refractivity contribution is 0.284. The number of nitrogens with zero attached hydrogens (tertiary/aromatic N) is 2. The molecule has 1 aromatic heterocycles. The van der Waals surface area contributed by atoms with Crippen molar-refractivity contribution < 1.29 is 9.47 Å². The number of methoxy groups -OCH3 is 1. The number of aromatic nitrogens is 2. The Morgan fingerprint density at radius 3 is 2.71 bits per heavy atom. The average Bonchev–Trinajstić information content (AvgIpc) is 3.16. The zero-order valence-electron chi connectivity index (χ0n) is 16.9. The van der Waals surface area contributed by atoms with Crippen molar-refractivity contribution in [2.24, 2.45) is 5.10 Å². The summed E-state index contributed by atoms with van der Waals surface area (Å²) in [5, 5.41) is 5.26. The van der Waals surface area contributed by atoms with Crippen molar-refractivity contribution in [2.75, 3.05) is 12.5 Å². The van der Waals surface area contributed by atoms with Gasteiger partial charge in [0.1, 0.15) is 6.61 Å². The number of nitrogens with one attached hydrogen (secondary N) is 2. The molecule has 0 aliphatic heterocycles. The van der Waals surface area contributed by atoms with Gasteiger partial charge in [0.15, 0.2) is 11.5 Å². The molecule has 3 aromatic carbocycles. The van der Waals surface area contributed by atoms with Gasteiger partial charge in [0.2, 0.25) is 5.95 Å². The molecule has 4 aromatic rings. The number of aryl methyl sites for hydroxylation is 1. The number of halogens is 2. The average molecular weight is 455 g/mol. The first kappa shape index (κ1) is 21.0. The van der Waals surface area contributed by atoms with E-state index in [0.717, 1.165) is 22.2 Å². The van der Waals surface area contributed by atoms with Gasteiger partial charge in [0.05, 0.1) is 34.4 Å². The summed E-state index contributed by atoms with van der Waals surface area (Å²) in [6, 6.07) is 17.0. The number of hydrazone groups is 1. The maximum absolute atomic E-state index is 6.06. The molecule has 0 fully saturated rings. The van der Waals surface area contributed by atoms with E-state index >= 15 is 0 Å². The Hall–Kier alpha value is -3.22. The van der Waals surface area contributed by atoms with Crippen LogP contribution in [0.5, 0.6) is 11.5 Å². The molecule has 0 bridgehead atoms. The molecular formula is C23H20Cl2N4O2. The second kappa shape index (κ2) is 9.29. The van der Waals surface area contributed by atoms with Gasteiger partial charge in [-0.3, -0.25) is 0 Å². The fourth-order valence-corrected chi connectivity index (χ4v) is 3.34. The Morgan fingerprint density at radius 2 is 1.90 bits per heavy atom. The third-order valence-electron chi connectivity index (χ3n) is 4.59. The number of benzene rings is 3. The van der Waals surface area contributed by atoms with Crippen LogP contribution < -0.4 is 14.9 Å². The standard InChI is InChI=1S/C23H20Cl2N4O2/c1-14-3-7-19-20(9-14)28-23(27-19)29-26-12-15-5-8-21(22(11-15)30-2)31-13-16-4-6-17(24)18(25)10-16/h3-12H,13H2,1-2H3,(H2,27,28,29)/b26-12-. The third-order valence-corrected chi connectivity index (χ3v) is 5.33. The summed E-state index contributed by atoms with van der Waals surface area (Å²) >= 11 is 12.0. The van der Waals surface area contributed by atoms with Gasteiger partial charge in [0, 0.05) is 0 Å². The molecule has 0 unspecified atom stereocenters. The van der Waals surface area contributed by atoms with Gasteiger partial charge in [-0.05, 0) is 66.1 Å². The summed E-state index contributed by atoms with van der Waals surface area (Å²) in [5.41, 5.74) is 7.68. The first-order valence-electron chi connectivity index (χ1n) is 9.52.